The summed E-state index contributed by atoms with van der Waals surface area (Å²) < 4.78 is 0. The number of carbonyl (C=O) groups is 1. The van der Waals surface area contributed by atoms with E-state index in [4.69, 9.17) is 11.6 Å². The maximum atomic E-state index is 12.8. The molecular weight excluding hydrogens is 386 g/mol. The van der Waals surface area contributed by atoms with Crippen molar-refractivity contribution in [2.24, 2.45) is 0 Å². The third kappa shape index (κ3) is 4.92. The number of hydrogen-bond acceptors (Lipinski definition) is 4. The second kappa shape index (κ2) is 9.16. The molecular formula is C23H28ClN3O2. The monoisotopic (exact) mass is 413 g/mol. The van der Waals surface area contributed by atoms with Gasteiger partial charge in [-0.05, 0) is 76.1 Å². The lowest BCUT2D eigenvalue weighted by Crippen LogP contribution is -2.21. The molecule has 5 nitrogen and oxygen atoms in total. The molecule has 6 heteroatoms. The Hall–Kier alpha value is -2.08. The average Bonchev–Trinajstić information content (AvgIpc) is 3.40. The highest BCUT2D eigenvalue weighted by molar-refractivity contribution is 6.34. The van der Waals surface area contributed by atoms with Crippen molar-refractivity contribution in [2.45, 2.75) is 38.8 Å². The first kappa shape index (κ1) is 20.2. The highest BCUT2D eigenvalue weighted by atomic mass is 35.5. The van der Waals surface area contributed by atoms with Gasteiger partial charge in [0.25, 0.3) is 5.91 Å². The number of benzene rings is 2. The zero-order valence-electron chi connectivity index (χ0n) is 16.7. The summed E-state index contributed by atoms with van der Waals surface area (Å²) in [5.41, 5.74) is 2.90. The number of likely N-dealkylation sites (tertiary alicyclic amines) is 2. The molecule has 2 aliphatic heterocycles. The Bertz CT molecular complexity index is 835. The van der Waals surface area contributed by atoms with Crippen LogP contribution in [0.15, 0.2) is 36.4 Å². The Morgan fingerprint density at radius 2 is 1.45 bits per heavy atom. The molecule has 1 amide bonds. The predicted octanol–water partition coefficient (Wildman–Crippen LogP) is 4.49. The predicted molar refractivity (Wildman–Crippen MR) is 117 cm³/mol. The summed E-state index contributed by atoms with van der Waals surface area (Å²) in [6.45, 7) is 5.62. The van der Waals surface area contributed by atoms with Crippen molar-refractivity contribution in [2.75, 3.05) is 31.5 Å². The van der Waals surface area contributed by atoms with Crippen LogP contribution in [0.3, 0.4) is 0 Å². The van der Waals surface area contributed by atoms with Crippen LogP contribution < -0.4 is 5.32 Å². The van der Waals surface area contributed by atoms with Crippen molar-refractivity contribution in [3.8, 4) is 5.75 Å². The minimum Gasteiger partial charge on any atom is -0.507 e. The van der Waals surface area contributed by atoms with Gasteiger partial charge in [0.15, 0.2) is 0 Å². The van der Waals surface area contributed by atoms with Crippen molar-refractivity contribution in [1.82, 2.24) is 9.80 Å². The standard InChI is InChI=1S/C23H28ClN3O2/c24-21-8-2-1-7-20(21)23(29)25-19-13-17(15-26-9-3-4-10-26)22(28)18(14-19)16-27-11-5-6-12-27/h1-2,7-8,13-14,28H,3-6,9-12,15-16H2,(H,25,29). The van der Waals surface area contributed by atoms with E-state index in [1.807, 2.05) is 18.2 Å². The van der Waals surface area contributed by atoms with Crippen molar-refractivity contribution in [3.05, 3.63) is 58.1 Å². The summed E-state index contributed by atoms with van der Waals surface area (Å²) in [6, 6.07) is 10.8. The Labute approximate surface area is 177 Å². The largest absolute Gasteiger partial charge is 0.507 e. The van der Waals surface area contributed by atoms with Gasteiger partial charge in [-0.15, -0.1) is 0 Å². The topological polar surface area (TPSA) is 55.8 Å². The van der Waals surface area contributed by atoms with Gasteiger partial charge in [0, 0.05) is 29.9 Å². The van der Waals surface area contributed by atoms with Crippen molar-refractivity contribution in [1.29, 1.82) is 0 Å². The van der Waals surface area contributed by atoms with E-state index in [2.05, 4.69) is 15.1 Å². The molecule has 0 aliphatic carbocycles. The van der Waals surface area contributed by atoms with Crippen LogP contribution in [0.25, 0.3) is 0 Å². The maximum absolute atomic E-state index is 12.8. The number of nitrogens with zero attached hydrogens (tertiary/aromatic N) is 2. The van der Waals surface area contributed by atoms with E-state index in [9.17, 15) is 9.90 Å². The lowest BCUT2D eigenvalue weighted by atomic mass is 10.1. The lowest BCUT2D eigenvalue weighted by Gasteiger charge is -2.21. The van der Waals surface area contributed by atoms with Crippen molar-refractivity contribution < 1.29 is 9.90 Å². The molecule has 4 rings (SSSR count). The van der Waals surface area contributed by atoms with Gasteiger partial charge in [0.1, 0.15) is 5.75 Å². The molecule has 0 spiro atoms. The SMILES string of the molecule is O=C(Nc1cc(CN2CCCC2)c(O)c(CN2CCCC2)c1)c1ccccc1Cl. The number of aromatic hydroxyl groups is 1. The minimum atomic E-state index is -0.236. The summed E-state index contributed by atoms with van der Waals surface area (Å²) in [5.74, 6) is 0.125. The van der Waals surface area contributed by atoms with Crippen LogP contribution in [0.4, 0.5) is 5.69 Å². The molecule has 0 radical (unpaired) electrons. The van der Waals surface area contributed by atoms with Crippen LogP contribution in [-0.4, -0.2) is 47.0 Å². The van der Waals surface area contributed by atoms with Crippen LogP contribution in [0, 0.1) is 0 Å². The molecule has 154 valence electrons. The number of hydrogen-bond donors (Lipinski definition) is 2. The lowest BCUT2D eigenvalue weighted by molar-refractivity contribution is 0.102. The van der Waals surface area contributed by atoms with Crippen molar-refractivity contribution in [3.63, 3.8) is 0 Å². The number of halogens is 1. The van der Waals surface area contributed by atoms with Gasteiger partial charge in [-0.2, -0.15) is 0 Å². The van der Waals surface area contributed by atoms with Gasteiger partial charge in [0.05, 0.1) is 10.6 Å². The fraction of sp³-hybridized carbons (Fsp3) is 0.435. The third-order valence-corrected chi connectivity index (χ3v) is 6.16. The number of nitrogens with one attached hydrogen (secondary N) is 1. The van der Waals surface area contributed by atoms with E-state index >= 15 is 0 Å². The molecule has 0 saturated carbocycles. The zero-order chi connectivity index (χ0) is 20.2. The van der Waals surface area contributed by atoms with Crippen LogP contribution in [0.2, 0.25) is 5.02 Å². The third-order valence-electron chi connectivity index (χ3n) is 5.83. The molecule has 2 heterocycles. The number of anilines is 1. The molecule has 2 N–H and O–H groups in total. The number of amides is 1. The Morgan fingerprint density at radius 1 is 0.931 bits per heavy atom. The van der Waals surface area contributed by atoms with Gasteiger partial charge in [-0.1, -0.05) is 23.7 Å². The van der Waals surface area contributed by atoms with Gasteiger partial charge < -0.3 is 10.4 Å². The van der Waals surface area contributed by atoms with Crippen LogP contribution >= 0.6 is 11.6 Å². The van der Waals surface area contributed by atoms with E-state index in [1.165, 1.54) is 25.7 Å². The summed E-state index contributed by atoms with van der Waals surface area (Å²) in [5, 5.41) is 14.4. The van der Waals surface area contributed by atoms with Gasteiger partial charge in [-0.25, -0.2) is 0 Å². The van der Waals surface area contributed by atoms with Crippen LogP contribution in [0.1, 0.15) is 47.2 Å². The number of phenolic OH excluding ortho intramolecular Hbond substituents is 1. The first-order chi connectivity index (χ1) is 14.1. The van der Waals surface area contributed by atoms with Gasteiger partial charge in [-0.3, -0.25) is 14.6 Å². The molecule has 2 saturated heterocycles. The van der Waals surface area contributed by atoms with Crippen LogP contribution in [-0.2, 0) is 13.1 Å². The summed E-state index contributed by atoms with van der Waals surface area (Å²) in [7, 11) is 0. The van der Waals surface area contributed by atoms with Crippen molar-refractivity contribution >= 4 is 23.2 Å². The van der Waals surface area contributed by atoms with Gasteiger partial charge >= 0.3 is 0 Å². The summed E-state index contributed by atoms with van der Waals surface area (Å²) >= 11 is 6.19. The Balaban J connectivity index is 1.60. The summed E-state index contributed by atoms with van der Waals surface area (Å²) in [6.07, 6.45) is 4.79. The first-order valence-electron chi connectivity index (χ1n) is 10.5. The highest BCUT2D eigenvalue weighted by Gasteiger charge is 2.20. The fourth-order valence-electron chi connectivity index (χ4n) is 4.28. The highest BCUT2D eigenvalue weighted by Crippen LogP contribution is 2.31. The average molecular weight is 414 g/mol. The normalized spacial score (nSPS) is 17.7. The molecule has 2 aliphatic rings. The number of rotatable bonds is 6. The van der Waals surface area contributed by atoms with E-state index < -0.39 is 0 Å². The molecule has 0 atom stereocenters. The quantitative estimate of drug-likeness (QED) is 0.685. The maximum Gasteiger partial charge on any atom is 0.257 e. The second-order valence-electron chi connectivity index (χ2n) is 8.04. The van der Waals surface area contributed by atoms with E-state index in [0.717, 1.165) is 37.3 Å². The smallest absolute Gasteiger partial charge is 0.257 e. The molecule has 2 fully saturated rings. The molecule has 2 aromatic carbocycles. The Morgan fingerprint density at radius 3 is 1.97 bits per heavy atom. The fourth-order valence-corrected chi connectivity index (χ4v) is 4.50. The molecule has 0 aromatic heterocycles. The van der Waals surface area contributed by atoms with E-state index in [0.29, 0.717) is 35.1 Å². The zero-order valence-corrected chi connectivity index (χ0v) is 17.4. The second-order valence-corrected chi connectivity index (χ2v) is 8.45. The molecule has 2 aromatic rings. The first-order valence-corrected chi connectivity index (χ1v) is 10.8. The minimum absolute atomic E-state index is 0.236. The Kier molecular flexibility index (Phi) is 6.38. The molecule has 0 bridgehead atoms. The van der Waals surface area contributed by atoms with Crippen LogP contribution in [0.5, 0.6) is 5.75 Å². The van der Waals surface area contributed by atoms with E-state index in [1.54, 1.807) is 18.2 Å². The van der Waals surface area contributed by atoms with E-state index in [-0.39, 0.29) is 5.91 Å². The summed E-state index contributed by atoms with van der Waals surface area (Å²) in [4.78, 5) is 17.5. The molecule has 29 heavy (non-hydrogen) atoms. The van der Waals surface area contributed by atoms with Gasteiger partial charge in [0.2, 0.25) is 0 Å². The number of carbonyl (C=O) groups excluding carboxylic acids is 1. The number of phenols is 1. The molecule has 0 unspecified atom stereocenters.